The first-order chi connectivity index (χ1) is 9.41. The first kappa shape index (κ1) is 18.7. The van der Waals surface area contributed by atoms with Crippen LogP contribution in [0.1, 0.15) is 0 Å². The fourth-order valence-corrected chi connectivity index (χ4v) is 1.19. The Bertz CT molecular complexity index is 145. The summed E-state index contributed by atoms with van der Waals surface area (Å²) in [4.78, 5) is 0. The molecule has 0 saturated carbocycles. The zero-order valence-corrected chi connectivity index (χ0v) is 11.5. The van der Waals surface area contributed by atoms with Crippen molar-refractivity contribution in [2.45, 2.75) is 0 Å². The highest BCUT2D eigenvalue weighted by molar-refractivity contribution is 4.45. The van der Waals surface area contributed by atoms with E-state index >= 15 is 0 Å². The summed E-state index contributed by atoms with van der Waals surface area (Å²) in [7, 11) is 0. The molecule has 0 saturated heterocycles. The van der Waals surface area contributed by atoms with Gasteiger partial charge in [-0.15, -0.1) is 0 Å². The zero-order valence-electron chi connectivity index (χ0n) is 11.5. The second-order valence-electron chi connectivity index (χ2n) is 3.65. The van der Waals surface area contributed by atoms with Gasteiger partial charge in [0, 0.05) is 13.1 Å². The van der Waals surface area contributed by atoms with Crippen molar-refractivity contribution in [3.05, 3.63) is 0 Å². The van der Waals surface area contributed by atoms with Crippen molar-refractivity contribution in [3.63, 3.8) is 0 Å². The van der Waals surface area contributed by atoms with E-state index < -0.39 is 0 Å². The van der Waals surface area contributed by atoms with E-state index in [1.54, 1.807) is 0 Å². The second-order valence-corrected chi connectivity index (χ2v) is 3.65. The van der Waals surface area contributed by atoms with Crippen LogP contribution in [-0.4, -0.2) is 89.4 Å². The minimum absolute atomic E-state index is 0.0482. The van der Waals surface area contributed by atoms with Crippen LogP contribution < -0.4 is 5.32 Å². The number of hydrogen-bond donors (Lipinski definition) is 3. The second kappa shape index (κ2) is 17.7. The smallest absolute Gasteiger partial charge is 0.0701 e. The summed E-state index contributed by atoms with van der Waals surface area (Å²) in [5, 5.41) is 20.1. The van der Waals surface area contributed by atoms with Crippen molar-refractivity contribution >= 4 is 0 Å². The van der Waals surface area contributed by atoms with E-state index in [4.69, 9.17) is 29.2 Å². The van der Waals surface area contributed by atoms with Crippen LogP contribution >= 0.6 is 0 Å². The number of aliphatic hydroxyl groups excluding tert-OH is 2. The van der Waals surface area contributed by atoms with Gasteiger partial charge in [0.05, 0.1) is 66.1 Å². The van der Waals surface area contributed by atoms with Crippen molar-refractivity contribution in [1.82, 2.24) is 5.32 Å². The Balaban J connectivity index is 2.88. The molecular formula is C12H27NO6. The summed E-state index contributed by atoms with van der Waals surface area (Å²) < 4.78 is 20.7. The molecule has 0 aromatic heterocycles. The summed E-state index contributed by atoms with van der Waals surface area (Å²) in [5.41, 5.74) is 0. The number of nitrogens with one attached hydrogen (secondary N) is 1. The third kappa shape index (κ3) is 17.7. The monoisotopic (exact) mass is 281 g/mol. The molecule has 0 unspecified atom stereocenters. The summed E-state index contributed by atoms with van der Waals surface area (Å²) in [6.45, 7) is 5.72. The molecule has 0 spiro atoms. The molecule has 0 aromatic rings. The normalized spacial score (nSPS) is 11.1. The highest BCUT2D eigenvalue weighted by atomic mass is 16.5. The maximum atomic E-state index is 8.46. The Hall–Kier alpha value is -0.280. The lowest BCUT2D eigenvalue weighted by atomic mass is 10.6. The summed E-state index contributed by atoms with van der Waals surface area (Å²) >= 11 is 0. The van der Waals surface area contributed by atoms with Gasteiger partial charge < -0.3 is 34.5 Å². The molecule has 0 aliphatic rings. The molecule has 0 rings (SSSR count). The van der Waals surface area contributed by atoms with Crippen molar-refractivity contribution in [2.75, 3.05) is 79.2 Å². The average Bonchev–Trinajstić information content (AvgIpc) is 2.43. The molecule has 0 atom stereocenters. The van der Waals surface area contributed by atoms with Crippen LogP contribution in [0.2, 0.25) is 0 Å². The maximum absolute atomic E-state index is 8.46. The third-order valence-corrected chi connectivity index (χ3v) is 2.06. The van der Waals surface area contributed by atoms with Crippen molar-refractivity contribution in [2.24, 2.45) is 0 Å². The topological polar surface area (TPSA) is 89.4 Å². The van der Waals surface area contributed by atoms with Crippen LogP contribution in [0.15, 0.2) is 0 Å². The number of aliphatic hydroxyl groups is 2. The van der Waals surface area contributed by atoms with Gasteiger partial charge in [0.15, 0.2) is 0 Å². The fraction of sp³-hybridized carbons (Fsp3) is 1.00. The van der Waals surface area contributed by atoms with Gasteiger partial charge >= 0.3 is 0 Å². The van der Waals surface area contributed by atoms with Crippen LogP contribution in [0, 0.1) is 0 Å². The summed E-state index contributed by atoms with van der Waals surface area (Å²) in [6, 6.07) is 0. The van der Waals surface area contributed by atoms with Gasteiger partial charge in [-0.25, -0.2) is 0 Å². The highest BCUT2D eigenvalue weighted by Gasteiger charge is 1.92. The number of rotatable bonds is 16. The average molecular weight is 281 g/mol. The van der Waals surface area contributed by atoms with E-state index in [2.05, 4.69) is 5.32 Å². The largest absolute Gasteiger partial charge is 0.394 e. The standard InChI is InChI=1S/C12H27NO6/c14-3-7-18-11-9-16-5-1-13-2-6-17-10-12-19-8-4-15/h13-15H,1-12H2. The molecule has 0 aromatic carbocycles. The number of ether oxygens (including phenoxy) is 4. The lowest BCUT2D eigenvalue weighted by Gasteiger charge is -2.07. The van der Waals surface area contributed by atoms with Gasteiger partial charge in [-0.3, -0.25) is 0 Å². The Morgan fingerprint density at radius 1 is 0.526 bits per heavy atom. The van der Waals surface area contributed by atoms with Crippen molar-refractivity contribution in [1.29, 1.82) is 0 Å². The van der Waals surface area contributed by atoms with E-state index in [0.717, 1.165) is 13.1 Å². The zero-order chi connectivity index (χ0) is 14.0. The molecule has 7 heteroatoms. The van der Waals surface area contributed by atoms with Crippen molar-refractivity contribution in [3.8, 4) is 0 Å². The molecule has 0 bridgehead atoms. The first-order valence-corrected chi connectivity index (χ1v) is 6.65. The molecule has 0 amide bonds. The van der Waals surface area contributed by atoms with Crippen LogP contribution in [-0.2, 0) is 18.9 Å². The Kier molecular flexibility index (Phi) is 17.5. The van der Waals surface area contributed by atoms with Gasteiger partial charge in [-0.1, -0.05) is 0 Å². The molecule has 7 nitrogen and oxygen atoms in total. The van der Waals surface area contributed by atoms with Crippen LogP contribution in [0.25, 0.3) is 0 Å². The maximum Gasteiger partial charge on any atom is 0.0701 e. The first-order valence-electron chi connectivity index (χ1n) is 6.65. The lowest BCUT2D eigenvalue weighted by Crippen LogP contribution is -2.25. The highest BCUT2D eigenvalue weighted by Crippen LogP contribution is 1.79. The van der Waals surface area contributed by atoms with E-state index in [-0.39, 0.29) is 13.2 Å². The van der Waals surface area contributed by atoms with E-state index in [1.165, 1.54) is 0 Å². The summed E-state index contributed by atoms with van der Waals surface area (Å²) in [5.74, 6) is 0. The van der Waals surface area contributed by atoms with Crippen LogP contribution in [0.5, 0.6) is 0 Å². The SMILES string of the molecule is OCCOCCOCCNCCOCCOCCO. The van der Waals surface area contributed by atoms with Gasteiger partial charge in [-0.05, 0) is 0 Å². The molecule has 19 heavy (non-hydrogen) atoms. The number of hydrogen-bond acceptors (Lipinski definition) is 7. The minimum atomic E-state index is 0.0482. The molecule has 0 aliphatic carbocycles. The van der Waals surface area contributed by atoms with Crippen LogP contribution in [0.4, 0.5) is 0 Å². The van der Waals surface area contributed by atoms with Crippen LogP contribution in [0.3, 0.4) is 0 Å². The van der Waals surface area contributed by atoms with Gasteiger partial charge in [0.2, 0.25) is 0 Å². The van der Waals surface area contributed by atoms with Gasteiger partial charge in [0.1, 0.15) is 0 Å². The van der Waals surface area contributed by atoms with Gasteiger partial charge in [0.25, 0.3) is 0 Å². The quantitative estimate of drug-likeness (QED) is 0.301. The molecule has 0 radical (unpaired) electrons. The molecule has 3 N–H and O–H groups in total. The van der Waals surface area contributed by atoms with Crippen molar-refractivity contribution < 1.29 is 29.2 Å². The van der Waals surface area contributed by atoms with Gasteiger partial charge in [-0.2, -0.15) is 0 Å². The molecule has 0 heterocycles. The van der Waals surface area contributed by atoms with E-state index in [1.807, 2.05) is 0 Å². The fourth-order valence-electron chi connectivity index (χ4n) is 1.19. The molecule has 116 valence electrons. The van der Waals surface area contributed by atoms with E-state index in [0.29, 0.717) is 52.9 Å². The molecule has 0 fully saturated rings. The predicted molar refractivity (Wildman–Crippen MR) is 70.3 cm³/mol. The Morgan fingerprint density at radius 3 is 1.26 bits per heavy atom. The summed E-state index contributed by atoms with van der Waals surface area (Å²) in [6.07, 6.45) is 0. The lowest BCUT2D eigenvalue weighted by molar-refractivity contribution is 0.0295. The van der Waals surface area contributed by atoms with E-state index in [9.17, 15) is 0 Å². The predicted octanol–water partition coefficient (Wildman–Crippen LogP) is -1.37. The Morgan fingerprint density at radius 2 is 0.895 bits per heavy atom. The molecule has 0 aliphatic heterocycles. The third-order valence-electron chi connectivity index (χ3n) is 2.06. The Labute approximate surface area is 114 Å². The molecular weight excluding hydrogens is 254 g/mol. The minimum Gasteiger partial charge on any atom is -0.394 e.